The maximum atomic E-state index is 9.37. The summed E-state index contributed by atoms with van der Waals surface area (Å²) in [6.45, 7) is 3.65. The molecule has 0 aromatic heterocycles. The summed E-state index contributed by atoms with van der Waals surface area (Å²) >= 11 is -1.26. The van der Waals surface area contributed by atoms with Crippen molar-refractivity contribution in [1.82, 2.24) is 0 Å². The summed E-state index contributed by atoms with van der Waals surface area (Å²) in [6, 6.07) is 10.5. The van der Waals surface area contributed by atoms with Gasteiger partial charge in [-0.2, -0.15) is 0 Å². The van der Waals surface area contributed by atoms with Gasteiger partial charge in [0.2, 0.25) is 0 Å². The van der Waals surface area contributed by atoms with Crippen LogP contribution in [0.15, 0.2) is 30.3 Å². The van der Waals surface area contributed by atoms with Crippen LogP contribution in [0.1, 0.15) is 13.8 Å². The third-order valence-corrected chi connectivity index (χ3v) is 15.4. The average Bonchev–Trinajstić information content (AvgIpc) is 2.29. The van der Waals surface area contributed by atoms with E-state index in [1.165, 1.54) is 4.35 Å². The maximum absolute atomic E-state index is 9.37. The molecule has 0 saturated carbocycles. The topological polar surface area (TPSA) is 40.5 Å². The molecule has 1 rings (SSSR count). The average molecular weight is 334 g/mol. The van der Waals surface area contributed by atoms with E-state index in [4.69, 9.17) is 0 Å². The van der Waals surface area contributed by atoms with E-state index >= 15 is 0 Å². The van der Waals surface area contributed by atoms with Crippen molar-refractivity contribution in [3.8, 4) is 0 Å². The van der Waals surface area contributed by atoms with Gasteiger partial charge in [-0.05, 0) is 0 Å². The first-order valence-electron chi connectivity index (χ1n) is 5.56. The van der Waals surface area contributed by atoms with Crippen molar-refractivity contribution in [3.63, 3.8) is 0 Å². The van der Waals surface area contributed by atoms with Gasteiger partial charge in [0.05, 0.1) is 0 Å². The van der Waals surface area contributed by atoms with Gasteiger partial charge in [0.1, 0.15) is 0 Å². The molecule has 96 valence electrons. The Balaban J connectivity index is 2.58. The Kier molecular flexibility index (Phi) is 7.72. The zero-order valence-corrected chi connectivity index (χ0v) is 13.6. The van der Waals surface area contributed by atoms with Crippen LogP contribution in [0.3, 0.4) is 0 Å². The normalized spacial score (nSPS) is 16.5. The molecule has 0 aliphatic heterocycles. The predicted molar refractivity (Wildman–Crippen MR) is 80.1 cm³/mol. The fourth-order valence-electron chi connectivity index (χ4n) is 1.09. The molecule has 0 bridgehead atoms. The van der Waals surface area contributed by atoms with E-state index in [2.05, 4.69) is 24.3 Å². The van der Waals surface area contributed by atoms with Crippen LogP contribution in [-0.4, -0.2) is 46.3 Å². The van der Waals surface area contributed by atoms with Crippen molar-refractivity contribution in [3.05, 3.63) is 30.3 Å². The summed E-state index contributed by atoms with van der Waals surface area (Å²) < 4.78 is 1.39. The third-order valence-electron chi connectivity index (χ3n) is 1.83. The van der Waals surface area contributed by atoms with Gasteiger partial charge in [-0.15, -0.1) is 0 Å². The SMILES string of the molecule is CC(O)CS[As](SCC(C)O)c1ccccc1. The zero-order chi connectivity index (χ0) is 12.7. The predicted octanol–water partition coefficient (Wildman–Crippen LogP) is 1.61. The Labute approximate surface area is 114 Å². The van der Waals surface area contributed by atoms with Crippen LogP contribution in [0.25, 0.3) is 0 Å². The molecule has 2 N–H and O–H groups in total. The van der Waals surface area contributed by atoms with Crippen LogP contribution in [0.5, 0.6) is 0 Å². The molecule has 1 aromatic carbocycles. The number of hydrogen-bond donors (Lipinski definition) is 2. The summed E-state index contributed by atoms with van der Waals surface area (Å²) in [5.41, 5.74) is 0. The van der Waals surface area contributed by atoms with Gasteiger partial charge in [0.25, 0.3) is 0 Å². The molecular weight excluding hydrogens is 315 g/mol. The van der Waals surface area contributed by atoms with Gasteiger partial charge in [0.15, 0.2) is 0 Å². The molecule has 5 heteroatoms. The van der Waals surface area contributed by atoms with Crippen LogP contribution in [0.2, 0.25) is 0 Å². The summed E-state index contributed by atoms with van der Waals surface area (Å²) in [5, 5.41) is 18.7. The summed E-state index contributed by atoms with van der Waals surface area (Å²) in [6.07, 6.45) is -0.513. The number of aliphatic hydroxyl groups excluding tert-OH is 2. The second-order valence-corrected chi connectivity index (χ2v) is 15.5. The number of hydrogen-bond acceptors (Lipinski definition) is 4. The fourth-order valence-corrected chi connectivity index (χ4v) is 14.1. The standard InChI is InChI=1S/C12H19AsO2S2/c1-10(14)8-16-13(17-9-11(2)15)12-6-4-3-5-7-12/h3-7,10-11,14-15H,8-9H2,1-2H3. The molecule has 0 spiro atoms. The molecule has 1 aromatic rings. The third kappa shape index (κ3) is 6.78. The van der Waals surface area contributed by atoms with Gasteiger partial charge in [-0.25, -0.2) is 0 Å². The van der Waals surface area contributed by atoms with Crippen molar-refractivity contribution >= 4 is 36.7 Å². The summed E-state index contributed by atoms with van der Waals surface area (Å²) in [5.74, 6) is 1.56. The van der Waals surface area contributed by atoms with E-state index in [0.717, 1.165) is 11.5 Å². The molecule has 17 heavy (non-hydrogen) atoms. The van der Waals surface area contributed by atoms with Gasteiger partial charge < -0.3 is 0 Å². The van der Waals surface area contributed by atoms with E-state index < -0.39 is 12.3 Å². The molecule has 0 aliphatic carbocycles. The first-order valence-corrected chi connectivity index (χ1v) is 13.0. The van der Waals surface area contributed by atoms with Crippen molar-refractivity contribution in [1.29, 1.82) is 0 Å². The van der Waals surface area contributed by atoms with Crippen molar-refractivity contribution in [2.75, 3.05) is 11.5 Å². The molecule has 0 amide bonds. The molecule has 0 saturated heterocycles. The van der Waals surface area contributed by atoms with E-state index in [1.807, 2.05) is 40.0 Å². The second kappa shape index (κ2) is 8.49. The van der Waals surface area contributed by atoms with E-state index in [0.29, 0.717) is 0 Å². The molecule has 0 aliphatic rings. The molecule has 0 heterocycles. The Morgan fingerprint density at radius 3 is 1.88 bits per heavy atom. The van der Waals surface area contributed by atoms with Gasteiger partial charge in [-0.1, -0.05) is 0 Å². The summed E-state index contributed by atoms with van der Waals surface area (Å²) in [7, 11) is 3.74. The molecule has 0 radical (unpaired) electrons. The number of aliphatic hydroxyl groups is 2. The van der Waals surface area contributed by atoms with Gasteiger partial charge >= 0.3 is 115 Å². The first kappa shape index (κ1) is 15.5. The van der Waals surface area contributed by atoms with Gasteiger partial charge in [0, 0.05) is 0 Å². The Hall–Kier alpha value is 0.398. The quantitative estimate of drug-likeness (QED) is 0.744. The number of benzene rings is 1. The minimum atomic E-state index is -1.26. The first-order chi connectivity index (χ1) is 8.09. The second-order valence-electron chi connectivity index (χ2n) is 3.88. The number of rotatable bonds is 7. The van der Waals surface area contributed by atoms with E-state index in [9.17, 15) is 10.2 Å². The van der Waals surface area contributed by atoms with Crippen LogP contribution in [-0.2, 0) is 0 Å². The van der Waals surface area contributed by atoms with Crippen molar-refractivity contribution in [2.24, 2.45) is 0 Å². The van der Waals surface area contributed by atoms with Crippen molar-refractivity contribution < 1.29 is 10.2 Å². The summed E-state index contributed by atoms with van der Waals surface area (Å²) in [4.78, 5) is 0. The molecule has 0 fully saturated rings. The molecule has 2 nitrogen and oxygen atoms in total. The molecule has 2 unspecified atom stereocenters. The Morgan fingerprint density at radius 1 is 1.00 bits per heavy atom. The molecular formula is C12H19AsO2S2. The Morgan fingerprint density at radius 2 is 1.47 bits per heavy atom. The Bertz CT molecular complexity index is 295. The van der Waals surface area contributed by atoms with E-state index in [1.54, 1.807) is 0 Å². The van der Waals surface area contributed by atoms with Crippen LogP contribution < -0.4 is 4.35 Å². The van der Waals surface area contributed by atoms with Gasteiger partial charge in [-0.3, -0.25) is 0 Å². The monoisotopic (exact) mass is 334 g/mol. The molecule has 2 atom stereocenters. The van der Waals surface area contributed by atoms with Crippen LogP contribution in [0, 0.1) is 0 Å². The zero-order valence-electron chi connectivity index (χ0n) is 10.1. The van der Waals surface area contributed by atoms with E-state index in [-0.39, 0.29) is 12.2 Å². The van der Waals surface area contributed by atoms with Crippen molar-refractivity contribution in [2.45, 2.75) is 26.1 Å². The minimum absolute atomic E-state index is 0.257. The van der Waals surface area contributed by atoms with Crippen LogP contribution >= 0.6 is 20.0 Å². The van der Waals surface area contributed by atoms with Crippen LogP contribution in [0.4, 0.5) is 0 Å². The fraction of sp³-hybridized carbons (Fsp3) is 0.500.